The molecule has 25 heavy (non-hydrogen) atoms. The minimum atomic E-state index is -0.0393. The van der Waals surface area contributed by atoms with Crippen LogP contribution in [0.25, 0.3) is 5.65 Å². The molecule has 0 N–H and O–H groups in total. The number of carbonyl (C=O) groups is 1. The van der Waals surface area contributed by atoms with Crippen molar-refractivity contribution >= 4 is 11.6 Å². The van der Waals surface area contributed by atoms with Crippen molar-refractivity contribution in [1.82, 2.24) is 24.1 Å². The molecule has 1 saturated heterocycles. The Bertz CT molecular complexity index is 979. The largest absolute Gasteiger partial charge is 0.345 e. The number of piperidine rings is 1. The van der Waals surface area contributed by atoms with E-state index in [4.69, 9.17) is 5.26 Å². The minimum Gasteiger partial charge on any atom is -0.345 e. The summed E-state index contributed by atoms with van der Waals surface area (Å²) in [5.41, 5.74) is 1.87. The van der Waals surface area contributed by atoms with E-state index in [2.05, 4.69) is 16.3 Å². The summed E-state index contributed by atoms with van der Waals surface area (Å²) < 4.78 is 3.71. The lowest BCUT2D eigenvalue weighted by molar-refractivity contribution is 0.0694. The summed E-state index contributed by atoms with van der Waals surface area (Å²) in [4.78, 5) is 14.7. The molecule has 0 spiro atoms. The SMILES string of the molecule is Cn1cc(C#N)cc1C(=O)N1CCCC(c2nnc3ccccn23)C1. The normalized spacial score (nSPS) is 17.6. The minimum absolute atomic E-state index is 0.0393. The van der Waals surface area contributed by atoms with E-state index < -0.39 is 0 Å². The van der Waals surface area contributed by atoms with Crippen LogP contribution in [-0.4, -0.2) is 43.1 Å². The summed E-state index contributed by atoms with van der Waals surface area (Å²) in [5.74, 6) is 1.02. The van der Waals surface area contributed by atoms with Crippen LogP contribution in [0.4, 0.5) is 0 Å². The maximum absolute atomic E-state index is 12.9. The molecule has 0 radical (unpaired) electrons. The van der Waals surface area contributed by atoms with Crippen LogP contribution < -0.4 is 0 Å². The second kappa shape index (κ2) is 6.06. The van der Waals surface area contributed by atoms with Gasteiger partial charge >= 0.3 is 0 Å². The number of likely N-dealkylation sites (tertiary alicyclic amines) is 1. The van der Waals surface area contributed by atoms with E-state index in [1.54, 1.807) is 23.9 Å². The van der Waals surface area contributed by atoms with E-state index in [1.165, 1.54) is 0 Å². The van der Waals surface area contributed by atoms with Gasteiger partial charge < -0.3 is 9.47 Å². The second-order valence-corrected chi connectivity index (χ2v) is 6.41. The van der Waals surface area contributed by atoms with Gasteiger partial charge in [-0.15, -0.1) is 10.2 Å². The Morgan fingerprint density at radius 2 is 2.24 bits per heavy atom. The van der Waals surface area contributed by atoms with Crippen LogP contribution >= 0.6 is 0 Å². The van der Waals surface area contributed by atoms with Crippen molar-refractivity contribution in [3.05, 3.63) is 53.7 Å². The number of carbonyl (C=O) groups excluding carboxylic acids is 1. The predicted molar refractivity (Wildman–Crippen MR) is 91.0 cm³/mol. The van der Waals surface area contributed by atoms with Crippen LogP contribution in [0, 0.1) is 11.3 Å². The molecule has 1 amide bonds. The molecule has 3 aromatic rings. The standard InChI is InChI=1S/C18H18N6O/c1-22-11-13(10-19)9-15(22)18(25)23-7-4-5-14(12-23)17-21-20-16-6-2-3-8-24(16)17/h2-3,6,8-9,11,14H,4-5,7,12H2,1H3. The fourth-order valence-corrected chi connectivity index (χ4v) is 3.51. The molecule has 7 nitrogen and oxygen atoms in total. The van der Waals surface area contributed by atoms with E-state index in [0.29, 0.717) is 17.8 Å². The Hall–Kier alpha value is -3.14. The molecule has 126 valence electrons. The zero-order chi connectivity index (χ0) is 17.4. The first kappa shape index (κ1) is 15.4. The molecule has 0 aromatic carbocycles. The summed E-state index contributed by atoms with van der Waals surface area (Å²) in [5, 5.41) is 17.6. The highest BCUT2D eigenvalue weighted by Crippen LogP contribution is 2.27. The van der Waals surface area contributed by atoms with Crippen molar-refractivity contribution in [3.63, 3.8) is 0 Å². The van der Waals surface area contributed by atoms with Gasteiger partial charge in [-0.05, 0) is 31.0 Å². The highest BCUT2D eigenvalue weighted by atomic mass is 16.2. The highest BCUT2D eigenvalue weighted by molar-refractivity contribution is 5.93. The van der Waals surface area contributed by atoms with Gasteiger partial charge in [-0.2, -0.15) is 5.26 Å². The van der Waals surface area contributed by atoms with Crippen LogP contribution in [0.1, 0.15) is 40.6 Å². The maximum atomic E-state index is 12.9. The molecule has 0 aliphatic carbocycles. The Morgan fingerprint density at radius 1 is 1.36 bits per heavy atom. The second-order valence-electron chi connectivity index (χ2n) is 6.41. The average Bonchev–Trinajstić information content (AvgIpc) is 3.24. The van der Waals surface area contributed by atoms with Gasteiger partial charge in [0.05, 0.1) is 5.56 Å². The lowest BCUT2D eigenvalue weighted by atomic mass is 9.97. The number of hydrogen-bond donors (Lipinski definition) is 0. The third-order valence-corrected chi connectivity index (χ3v) is 4.77. The van der Waals surface area contributed by atoms with Crippen molar-refractivity contribution < 1.29 is 4.79 Å². The van der Waals surface area contributed by atoms with Crippen LogP contribution in [0.2, 0.25) is 0 Å². The Labute approximate surface area is 145 Å². The van der Waals surface area contributed by atoms with Crippen LogP contribution in [0.3, 0.4) is 0 Å². The van der Waals surface area contributed by atoms with Crippen LogP contribution in [-0.2, 0) is 7.05 Å². The Morgan fingerprint density at radius 3 is 3.04 bits per heavy atom. The van der Waals surface area contributed by atoms with E-state index in [0.717, 1.165) is 30.9 Å². The van der Waals surface area contributed by atoms with Gasteiger partial charge in [0.2, 0.25) is 0 Å². The fraction of sp³-hybridized carbons (Fsp3) is 0.333. The third kappa shape index (κ3) is 2.66. The van der Waals surface area contributed by atoms with E-state index in [1.807, 2.05) is 33.7 Å². The van der Waals surface area contributed by atoms with Crippen molar-refractivity contribution in [3.8, 4) is 6.07 Å². The number of pyridine rings is 1. The number of fused-ring (bicyclic) bond motifs is 1. The van der Waals surface area contributed by atoms with Crippen LogP contribution in [0.15, 0.2) is 36.7 Å². The summed E-state index contributed by atoms with van der Waals surface area (Å²) >= 11 is 0. The number of aromatic nitrogens is 4. The topological polar surface area (TPSA) is 79.2 Å². The first-order chi connectivity index (χ1) is 12.2. The van der Waals surface area contributed by atoms with Gasteiger partial charge in [-0.1, -0.05) is 6.07 Å². The lowest BCUT2D eigenvalue weighted by Gasteiger charge is -2.32. The van der Waals surface area contributed by atoms with Crippen molar-refractivity contribution in [2.75, 3.05) is 13.1 Å². The summed E-state index contributed by atoms with van der Waals surface area (Å²) in [6.07, 6.45) is 5.55. The van der Waals surface area contributed by atoms with E-state index in [9.17, 15) is 4.79 Å². The van der Waals surface area contributed by atoms with Crippen molar-refractivity contribution in [1.29, 1.82) is 5.26 Å². The molecule has 1 aliphatic rings. The number of nitriles is 1. The summed E-state index contributed by atoms with van der Waals surface area (Å²) in [6.45, 7) is 1.33. The molecule has 1 fully saturated rings. The maximum Gasteiger partial charge on any atom is 0.270 e. The number of nitrogens with zero attached hydrogens (tertiary/aromatic N) is 6. The van der Waals surface area contributed by atoms with Gasteiger partial charge in [0.15, 0.2) is 5.65 Å². The molecule has 7 heteroatoms. The number of amides is 1. The van der Waals surface area contributed by atoms with E-state index >= 15 is 0 Å². The first-order valence-corrected chi connectivity index (χ1v) is 8.33. The molecular formula is C18H18N6O. The highest BCUT2D eigenvalue weighted by Gasteiger charge is 2.29. The zero-order valence-corrected chi connectivity index (χ0v) is 14.0. The molecule has 1 aliphatic heterocycles. The number of hydrogen-bond acceptors (Lipinski definition) is 4. The van der Waals surface area contributed by atoms with E-state index in [-0.39, 0.29) is 11.8 Å². The Kier molecular flexibility index (Phi) is 3.73. The summed E-state index contributed by atoms with van der Waals surface area (Å²) in [7, 11) is 1.79. The molecule has 4 heterocycles. The van der Waals surface area contributed by atoms with Crippen LogP contribution in [0.5, 0.6) is 0 Å². The quantitative estimate of drug-likeness (QED) is 0.717. The third-order valence-electron chi connectivity index (χ3n) is 4.77. The van der Waals surface area contributed by atoms with Gasteiger partial charge in [0.25, 0.3) is 5.91 Å². The average molecular weight is 334 g/mol. The smallest absolute Gasteiger partial charge is 0.270 e. The van der Waals surface area contributed by atoms with Crippen molar-refractivity contribution in [2.24, 2.45) is 7.05 Å². The number of aryl methyl sites for hydroxylation is 1. The molecule has 3 aromatic heterocycles. The molecule has 1 atom stereocenters. The predicted octanol–water partition coefficient (Wildman–Crippen LogP) is 1.96. The molecule has 0 bridgehead atoms. The summed E-state index contributed by atoms with van der Waals surface area (Å²) in [6, 6.07) is 9.56. The van der Waals surface area contributed by atoms with Gasteiger partial charge in [-0.3, -0.25) is 9.20 Å². The zero-order valence-electron chi connectivity index (χ0n) is 14.0. The van der Waals surface area contributed by atoms with Crippen molar-refractivity contribution in [2.45, 2.75) is 18.8 Å². The van der Waals surface area contributed by atoms with Gasteiger partial charge in [-0.25, -0.2) is 0 Å². The Balaban J connectivity index is 1.59. The fourth-order valence-electron chi connectivity index (χ4n) is 3.51. The first-order valence-electron chi connectivity index (χ1n) is 8.33. The molecule has 1 unspecified atom stereocenters. The number of rotatable bonds is 2. The monoisotopic (exact) mass is 334 g/mol. The molecular weight excluding hydrogens is 316 g/mol. The van der Waals surface area contributed by atoms with Gasteiger partial charge in [0, 0.05) is 38.4 Å². The molecule has 4 rings (SSSR count). The molecule has 0 saturated carbocycles. The van der Waals surface area contributed by atoms with Gasteiger partial charge in [0.1, 0.15) is 17.6 Å². The lowest BCUT2D eigenvalue weighted by Crippen LogP contribution is -2.40.